The maximum absolute atomic E-state index is 4.50. The van der Waals surface area contributed by atoms with Crippen LogP contribution >= 0.6 is 0 Å². The fourth-order valence-corrected chi connectivity index (χ4v) is 6.02. The third-order valence-electron chi connectivity index (χ3n) is 7.50. The minimum Gasteiger partial charge on any atom is -0.0996 e. The van der Waals surface area contributed by atoms with Crippen LogP contribution in [-0.2, 0) is 0 Å². The number of hydrogen-bond acceptors (Lipinski definition) is 0. The highest BCUT2D eigenvalue weighted by Crippen LogP contribution is 2.57. The van der Waals surface area contributed by atoms with E-state index in [-0.39, 0.29) is 0 Å². The molecular formula is C26H50. The van der Waals surface area contributed by atoms with Gasteiger partial charge < -0.3 is 0 Å². The zero-order valence-electron chi connectivity index (χ0n) is 19.2. The van der Waals surface area contributed by atoms with Gasteiger partial charge >= 0.3 is 0 Å². The first kappa shape index (κ1) is 23.8. The molecule has 0 radical (unpaired) electrons. The minimum atomic E-state index is 0.509. The molecule has 1 saturated carbocycles. The minimum absolute atomic E-state index is 0.509. The molecule has 26 heavy (non-hydrogen) atoms. The van der Waals surface area contributed by atoms with E-state index in [1.807, 2.05) is 0 Å². The summed E-state index contributed by atoms with van der Waals surface area (Å²) in [7, 11) is 0. The lowest BCUT2D eigenvalue weighted by atomic mass is 9.63. The van der Waals surface area contributed by atoms with E-state index in [1.54, 1.807) is 0 Å². The lowest BCUT2D eigenvalue weighted by Crippen LogP contribution is -2.34. The van der Waals surface area contributed by atoms with Crippen molar-refractivity contribution in [3.8, 4) is 0 Å². The smallest absolute Gasteiger partial charge is 0.0149 e. The molecule has 154 valence electrons. The molecule has 0 aromatic heterocycles. The van der Waals surface area contributed by atoms with Gasteiger partial charge in [-0.15, -0.1) is 0 Å². The van der Waals surface area contributed by atoms with Crippen molar-refractivity contribution in [2.75, 3.05) is 0 Å². The first-order chi connectivity index (χ1) is 12.4. The molecule has 4 unspecified atom stereocenters. The summed E-state index contributed by atoms with van der Waals surface area (Å²) in [6.45, 7) is 18.9. The molecule has 0 heterocycles. The van der Waals surface area contributed by atoms with Crippen molar-refractivity contribution in [1.29, 1.82) is 0 Å². The zero-order valence-corrected chi connectivity index (χ0v) is 19.2. The Morgan fingerprint density at radius 3 is 2.19 bits per heavy atom. The molecular weight excluding hydrogens is 312 g/mol. The van der Waals surface area contributed by atoms with Crippen LogP contribution in [0, 0.1) is 29.1 Å². The van der Waals surface area contributed by atoms with Gasteiger partial charge in [-0.3, -0.25) is 0 Å². The topological polar surface area (TPSA) is 0 Å². The van der Waals surface area contributed by atoms with Crippen LogP contribution in [0.3, 0.4) is 0 Å². The van der Waals surface area contributed by atoms with Crippen molar-refractivity contribution in [1.82, 2.24) is 0 Å². The second-order valence-electron chi connectivity index (χ2n) is 9.94. The average molecular weight is 363 g/mol. The molecule has 0 aromatic rings. The normalized spacial score (nSPS) is 27.2. The fraction of sp³-hybridized carbons (Fsp3) is 0.923. The lowest BCUT2D eigenvalue weighted by Gasteiger charge is -2.42. The maximum atomic E-state index is 4.50. The number of hydrogen-bond donors (Lipinski definition) is 0. The summed E-state index contributed by atoms with van der Waals surface area (Å²) in [6, 6.07) is 0. The first-order valence-corrected chi connectivity index (χ1v) is 12.1. The van der Waals surface area contributed by atoms with Gasteiger partial charge in [0, 0.05) is 0 Å². The SMILES string of the molecule is C=C(CC)C1CCC(C(CCCCCC)CCCC(C)C)C1(C)CCC. The van der Waals surface area contributed by atoms with E-state index in [9.17, 15) is 0 Å². The van der Waals surface area contributed by atoms with Gasteiger partial charge in [0.1, 0.15) is 0 Å². The van der Waals surface area contributed by atoms with Gasteiger partial charge in [-0.2, -0.15) is 0 Å². The molecule has 1 aliphatic carbocycles. The molecule has 0 aromatic carbocycles. The Morgan fingerprint density at radius 1 is 0.923 bits per heavy atom. The second kappa shape index (κ2) is 12.2. The Balaban J connectivity index is 2.87. The van der Waals surface area contributed by atoms with Crippen LogP contribution in [0.5, 0.6) is 0 Å². The van der Waals surface area contributed by atoms with Crippen molar-refractivity contribution >= 4 is 0 Å². The van der Waals surface area contributed by atoms with Crippen molar-refractivity contribution in [3.63, 3.8) is 0 Å². The van der Waals surface area contributed by atoms with Crippen LogP contribution in [0.4, 0.5) is 0 Å². The highest BCUT2D eigenvalue weighted by molar-refractivity contribution is 5.12. The molecule has 0 nitrogen and oxygen atoms in total. The summed E-state index contributed by atoms with van der Waals surface area (Å²) in [5.41, 5.74) is 2.05. The van der Waals surface area contributed by atoms with E-state index in [2.05, 4.69) is 48.1 Å². The van der Waals surface area contributed by atoms with Crippen LogP contribution in [-0.4, -0.2) is 0 Å². The Kier molecular flexibility index (Phi) is 11.2. The Labute approximate surface area is 166 Å². The van der Waals surface area contributed by atoms with Gasteiger partial charge in [-0.25, -0.2) is 0 Å². The molecule has 0 amide bonds. The third-order valence-corrected chi connectivity index (χ3v) is 7.50. The van der Waals surface area contributed by atoms with Crippen LogP contribution in [0.2, 0.25) is 0 Å². The molecule has 0 spiro atoms. The van der Waals surface area contributed by atoms with Gasteiger partial charge in [0.15, 0.2) is 0 Å². The van der Waals surface area contributed by atoms with Gasteiger partial charge in [0.05, 0.1) is 0 Å². The van der Waals surface area contributed by atoms with Gasteiger partial charge in [-0.05, 0) is 54.8 Å². The van der Waals surface area contributed by atoms with E-state index in [0.29, 0.717) is 5.41 Å². The van der Waals surface area contributed by atoms with Crippen molar-refractivity contribution in [2.24, 2.45) is 29.1 Å². The molecule has 0 saturated heterocycles. The molecule has 1 rings (SSSR count). The van der Waals surface area contributed by atoms with Crippen molar-refractivity contribution in [3.05, 3.63) is 12.2 Å². The van der Waals surface area contributed by atoms with Crippen LogP contribution in [0.25, 0.3) is 0 Å². The number of allylic oxidation sites excluding steroid dienone is 1. The second-order valence-corrected chi connectivity index (χ2v) is 9.94. The summed E-state index contributed by atoms with van der Waals surface area (Å²) in [5.74, 6) is 3.52. The van der Waals surface area contributed by atoms with E-state index < -0.39 is 0 Å². The highest BCUT2D eigenvalue weighted by Gasteiger charge is 2.48. The van der Waals surface area contributed by atoms with Gasteiger partial charge in [-0.1, -0.05) is 111 Å². The Morgan fingerprint density at radius 2 is 1.62 bits per heavy atom. The fourth-order valence-electron chi connectivity index (χ4n) is 6.02. The van der Waals surface area contributed by atoms with E-state index in [4.69, 9.17) is 0 Å². The number of rotatable bonds is 14. The first-order valence-electron chi connectivity index (χ1n) is 12.1. The summed E-state index contributed by atoms with van der Waals surface area (Å²) < 4.78 is 0. The predicted octanol–water partition coefficient (Wildman–Crippen LogP) is 9.20. The molecule has 0 aliphatic heterocycles. The van der Waals surface area contributed by atoms with E-state index >= 15 is 0 Å². The molecule has 1 fully saturated rings. The largest absolute Gasteiger partial charge is 0.0996 e. The zero-order chi connectivity index (χ0) is 19.6. The van der Waals surface area contributed by atoms with Gasteiger partial charge in [0.2, 0.25) is 0 Å². The van der Waals surface area contributed by atoms with Crippen LogP contribution in [0.1, 0.15) is 125 Å². The molecule has 1 aliphatic rings. The monoisotopic (exact) mass is 362 g/mol. The molecule has 4 atom stereocenters. The summed E-state index contributed by atoms with van der Waals surface area (Å²) in [6.07, 6.45) is 18.2. The maximum Gasteiger partial charge on any atom is -0.0149 e. The predicted molar refractivity (Wildman–Crippen MR) is 120 cm³/mol. The Hall–Kier alpha value is -0.260. The number of unbranched alkanes of at least 4 members (excludes halogenated alkanes) is 3. The van der Waals surface area contributed by atoms with Crippen molar-refractivity contribution < 1.29 is 0 Å². The summed E-state index contributed by atoms with van der Waals surface area (Å²) >= 11 is 0. The Bertz CT molecular complexity index is 379. The van der Waals surface area contributed by atoms with Crippen LogP contribution in [0.15, 0.2) is 12.2 Å². The van der Waals surface area contributed by atoms with E-state index in [0.717, 1.165) is 23.7 Å². The summed E-state index contributed by atoms with van der Waals surface area (Å²) in [4.78, 5) is 0. The molecule has 0 bridgehead atoms. The average Bonchev–Trinajstić information content (AvgIpc) is 2.93. The van der Waals surface area contributed by atoms with Gasteiger partial charge in [0.25, 0.3) is 0 Å². The lowest BCUT2D eigenvalue weighted by molar-refractivity contribution is 0.0953. The molecule has 0 N–H and O–H groups in total. The quantitative estimate of drug-likeness (QED) is 0.213. The molecule has 0 heteroatoms. The van der Waals surface area contributed by atoms with Crippen LogP contribution < -0.4 is 0 Å². The van der Waals surface area contributed by atoms with E-state index in [1.165, 1.54) is 89.0 Å². The highest BCUT2D eigenvalue weighted by atomic mass is 14.5. The third kappa shape index (κ3) is 6.72. The summed E-state index contributed by atoms with van der Waals surface area (Å²) in [5, 5.41) is 0. The standard InChI is InChI=1S/C26H50/c1-8-11-12-13-16-23(17-14-15-21(4)5)25-19-18-24(22(6)10-3)26(25,7)20-9-2/h21,23-25H,6,8-20H2,1-5,7H3. The van der Waals surface area contributed by atoms with Crippen molar-refractivity contribution in [2.45, 2.75) is 125 Å².